The number of allylic oxidation sites excluding steroid dienone is 2. The van der Waals surface area contributed by atoms with E-state index < -0.39 is 17.9 Å². The van der Waals surface area contributed by atoms with Gasteiger partial charge < -0.3 is 29.3 Å². The van der Waals surface area contributed by atoms with Crippen LogP contribution < -0.4 is 4.90 Å². The normalized spacial score (nSPS) is 11.9. The smallest absolute Gasteiger partial charge is 0.307 e. The minimum atomic E-state index is -1.02. The largest absolute Gasteiger partial charge is 0.481 e. The summed E-state index contributed by atoms with van der Waals surface area (Å²) in [5, 5.41) is 46.2. The number of rotatable bonds is 23. The Morgan fingerprint density at radius 1 is 1.02 bits per heavy atom. The maximum Gasteiger partial charge on any atom is 0.307 e. The molecule has 0 fully saturated rings. The fourth-order valence-electron chi connectivity index (χ4n) is 4.48. The van der Waals surface area contributed by atoms with E-state index in [-0.39, 0.29) is 39.3 Å². The molecule has 0 saturated heterocycles. The van der Waals surface area contributed by atoms with Crippen molar-refractivity contribution in [3.63, 3.8) is 0 Å². The van der Waals surface area contributed by atoms with E-state index in [0.29, 0.717) is 53.0 Å². The van der Waals surface area contributed by atoms with Gasteiger partial charge in [-0.05, 0) is 62.4 Å². The molecule has 0 aliphatic carbocycles. The Bertz CT molecular complexity index is 1430. The summed E-state index contributed by atoms with van der Waals surface area (Å²) in [5.41, 5.74) is 3.30. The molecule has 1 aromatic carbocycles. The van der Waals surface area contributed by atoms with Gasteiger partial charge in [-0.2, -0.15) is 10.5 Å². The summed E-state index contributed by atoms with van der Waals surface area (Å²) in [6.45, 7) is 7.81. The fraction of sp³-hybridized carbons (Fsp3) is 0.529. The number of carboxylic acid groups (broad SMARTS) is 1. The van der Waals surface area contributed by atoms with Crippen molar-refractivity contribution in [2.24, 2.45) is 16.1 Å². The first-order chi connectivity index (χ1) is 22.7. The number of nitriles is 2. The highest BCUT2D eigenvalue weighted by atomic mass is 32.1. The van der Waals surface area contributed by atoms with Gasteiger partial charge in [-0.3, -0.25) is 9.59 Å². The zero-order valence-electron chi connectivity index (χ0n) is 27.4. The first-order valence-electron chi connectivity index (χ1n) is 15.8. The second kappa shape index (κ2) is 22.4. The minimum absolute atomic E-state index is 0.0175. The number of azo groups is 1. The van der Waals surface area contributed by atoms with Crippen LogP contribution in [0.4, 0.5) is 16.4 Å². The van der Waals surface area contributed by atoms with Crippen LogP contribution in [0.2, 0.25) is 0 Å². The predicted octanol–water partition coefficient (Wildman–Crippen LogP) is 6.52. The molecule has 0 bridgehead atoms. The third kappa shape index (κ3) is 14.0. The molecule has 254 valence electrons. The maximum absolute atomic E-state index is 12.2. The summed E-state index contributed by atoms with van der Waals surface area (Å²) in [6.07, 6.45) is 8.11. The lowest BCUT2D eigenvalue weighted by Crippen LogP contribution is -2.31. The molecular weight excluding hydrogens is 622 g/mol. The molecule has 1 heterocycles. The highest BCUT2D eigenvalue weighted by Crippen LogP contribution is 2.36. The Kier molecular flexibility index (Phi) is 18.6. The highest BCUT2D eigenvalue weighted by molar-refractivity contribution is 7.16. The molecule has 0 saturated carbocycles. The van der Waals surface area contributed by atoms with Crippen LogP contribution in [0, 0.1) is 42.4 Å². The summed E-state index contributed by atoms with van der Waals surface area (Å²) < 4.78 is 16.4. The van der Waals surface area contributed by atoms with Gasteiger partial charge in [0.05, 0.1) is 56.6 Å². The number of aryl methyl sites for hydroxylation is 1. The molecule has 12 nitrogen and oxygen atoms in total. The van der Waals surface area contributed by atoms with Crippen molar-refractivity contribution in [1.82, 2.24) is 0 Å². The molecule has 1 aromatic heterocycles. The number of carbonyl (C=O) groups excluding carboxylic acids is 1. The lowest BCUT2D eigenvalue weighted by Gasteiger charge is -2.25. The van der Waals surface area contributed by atoms with Crippen LogP contribution in [0.25, 0.3) is 0 Å². The van der Waals surface area contributed by atoms with E-state index in [0.717, 1.165) is 48.3 Å². The lowest BCUT2D eigenvalue weighted by molar-refractivity contribution is -0.152. The fourth-order valence-corrected chi connectivity index (χ4v) is 5.36. The molecule has 0 amide bonds. The number of hydrogen-bond donors (Lipinski definition) is 2. The monoisotopic (exact) mass is 667 g/mol. The number of aliphatic hydroxyl groups excluding tert-OH is 1. The highest BCUT2D eigenvalue weighted by Gasteiger charge is 2.21. The zero-order valence-corrected chi connectivity index (χ0v) is 28.3. The number of thiophene rings is 1. The number of aliphatic carboxylic acids is 1. The van der Waals surface area contributed by atoms with E-state index >= 15 is 0 Å². The molecular formula is C34H45N5O7S. The average molecular weight is 668 g/mol. The minimum Gasteiger partial charge on any atom is -0.481 e. The zero-order chi connectivity index (χ0) is 34.4. The summed E-state index contributed by atoms with van der Waals surface area (Å²) in [4.78, 5) is 26.3. The van der Waals surface area contributed by atoms with Gasteiger partial charge in [0.2, 0.25) is 0 Å². The molecule has 0 radical (unpaired) electrons. The van der Waals surface area contributed by atoms with Crippen LogP contribution in [-0.2, 0) is 23.8 Å². The van der Waals surface area contributed by atoms with Crippen molar-refractivity contribution in [2.75, 3.05) is 57.6 Å². The van der Waals surface area contributed by atoms with Crippen molar-refractivity contribution in [1.29, 1.82) is 10.5 Å². The molecule has 47 heavy (non-hydrogen) atoms. The SMILES string of the molecule is CCCCC/C=C/CC(CC(=O)OCCOCCN(CCOCCO)c1ccc(/N=N/c2sc(C#N)c(C)c2C#N)c(C)c1)C(=O)O. The van der Waals surface area contributed by atoms with E-state index in [9.17, 15) is 25.2 Å². The van der Waals surface area contributed by atoms with Gasteiger partial charge in [0, 0.05) is 18.8 Å². The van der Waals surface area contributed by atoms with E-state index in [1.165, 1.54) is 0 Å². The number of unbranched alkanes of at least 4 members (excludes halogenated alkanes) is 3. The number of nitrogens with zero attached hydrogens (tertiary/aromatic N) is 5. The van der Waals surface area contributed by atoms with Gasteiger partial charge in [-0.15, -0.1) is 21.6 Å². The van der Waals surface area contributed by atoms with Gasteiger partial charge >= 0.3 is 11.9 Å². The summed E-state index contributed by atoms with van der Waals surface area (Å²) in [5.74, 6) is -2.42. The number of carbonyl (C=O) groups is 2. The molecule has 2 rings (SSSR count). The summed E-state index contributed by atoms with van der Waals surface area (Å²) in [7, 11) is 0. The second-order valence-electron chi connectivity index (χ2n) is 10.7. The van der Waals surface area contributed by atoms with Crippen molar-refractivity contribution in [3.05, 3.63) is 51.9 Å². The Morgan fingerprint density at radius 2 is 1.77 bits per heavy atom. The number of ether oxygens (including phenoxy) is 3. The van der Waals surface area contributed by atoms with Crippen molar-refractivity contribution >= 4 is 39.7 Å². The van der Waals surface area contributed by atoms with E-state index in [4.69, 9.17) is 19.3 Å². The van der Waals surface area contributed by atoms with Gasteiger partial charge in [0.15, 0.2) is 5.00 Å². The summed E-state index contributed by atoms with van der Waals surface area (Å²) in [6, 6.07) is 9.84. The standard InChI is InChI=1S/C34H45N5O7S/c1-4-5-6-7-8-9-10-27(34(42)43)22-32(41)46-20-19-45-17-14-39(13-16-44-18-15-40)28-11-12-30(25(2)21-28)37-38-33-29(23-35)26(3)31(24-36)47-33/h8-9,11-12,21,27,40H,4-7,10,13-20,22H2,1-3H3,(H,42,43)/b9-8+,38-37+. The van der Waals surface area contributed by atoms with E-state index in [1.54, 1.807) is 6.92 Å². The van der Waals surface area contributed by atoms with Gasteiger partial charge in [0.1, 0.15) is 23.6 Å². The first kappa shape index (κ1) is 39.0. The van der Waals surface area contributed by atoms with Crippen LogP contribution in [0.15, 0.2) is 40.6 Å². The van der Waals surface area contributed by atoms with Gasteiger partial charge in [-0.25, -0.2) is 0 Å². The third-order valence-electron chi connectivity index (χ3n) is 7.20. The van der Waals surface area contributed by atoms with Crippen molar-refractivity contribution in [3.8, 4) is 12.1 Å². The van der Waals surface area contributed by atoms with Gasteiger partial charge in [0.25, 0.3) is 0 Å². The number of carboxylic acids is 1. The van der Waals surface area contributed by atoms with Crippen LogP contribution in [0.5, 0.6) is 0 Å². The first-order valence-corrected chi connectivity index (χ1v) is 16.6. The number of benzene rings is 1. The van der Waals surface area contributed by atoms with Crippen LogP contribution in [-0.4, -0.2) is 74.9 Å². The molecule has 2 aromatic rings. The van der Waals surface area contributed by atoms with Crippen molar-refractivity contribution in [2.45, 2.75) is 59.3 Å². The van der Waals surface area contributed by atoms with Crippen molar-refractivity contribution < 1.29 is 34.0 Å². The molecule has 0 spiro atoms. The number of hydrogen-bond acceptors (Lipinski definition) is 12. The van der Waals surface area contributed by atoms with E-state index in [2.05, 4.69) is 34.2 Å². The van der Waals surface area contributed by atoms with Crippen LogP contribution in [0.1, 0.15) is 67.0 Å². The predicted molar refractivity (Wildman–Crippen MR) is 179 cm³/mol. The molecule has 13 heteroatoms. The van der Waals surface area contributed by atoms with Crippen LogP contribution >= 0.6 is 11.3 Å². The Balaban J connectivity index is 1.90. The second-order valence-corrected chi connectivity index (χ2v) is 11.7. The Morgan fingerprint density at radius 3 is 2.40 bits per heavy atom. The molecule has 0 aliphatic rings. The number of anilines is 1. The van der Waals surface area contributed by atoms with Gasteiger partial charge in [-0.1, -0.05) is 31.9 Å². The third-order valence-corrected chi connectivity index (χ3v) is 8.28. The Labute approximate surface area is 280 Å². The summed E-state index contributed by atoms with van der Waals surface area (Å²) >= 11 is 1.13. The van der Waals surface area contributed by atoms with E-state index in [1.807, 2.05) is 37.3 Å². The molecule has 1 atom stereocenters. The number of esters is 1. The lowest BCUT2D eigenvalue weighted by atomic mass is 10.0. The quantitative estimate of drug-likeness (QED) is 0.0574. The average Bonchev–Trinajstić information content (AvgIpc) is 3.37. The maximum atomic E-state index is 12.2. The van der Waals surface area contributed by atoms with Crippen LogP contribution in [0.3, 0.4) is 0 Å². The molecule has 0 aliphatic heterocycles. The Hall–Kier alpha value is -4.14. The topological polar surface area (TPSA) is 178 Å². The number of aliphatic hydroxyl groups is 1. The molecule has 1 unspecified atom stereocenters. The molecule has 2 N–H and O–H groups in total.